The SMILES string of the molecule is O=C(O)c1ccc2nc(-c3ccccc3)c(N3CCC(c4ccc(Cl)cc4)CC3)cc2c1. The van der Waals surface area contributed by atoms with E-state index in [9.17, 15) is 9.90 Å². The van der Waals surface area contributed by atoms with Gasteiger partial charge in [-0.25, -0.2) is 9.78 Å². The Labute approximate surface area is 192 Å². The van der Waals surface area contributed by atoms with E-state index in [1.165, 1.54) is 5.56 Å². The van der Waals surface area contributed by atoms with E-state index in [4.69, 9.17) is 16.6 Å². The highest BCUT2D eigenvalue weighted by Crippen LogP contribution is 2.37. The van der Waals surface area contributed by atoms with Crippen molar-refractivity contribution in [3.05, 3.63) is 95.0 Å². The zero-order chi connectivity index (χ0) is 22.1. The van der Waals surface area contributed by atoms with Crippen molar-refractivity contribution in [3.8, 4) is 11.3 Å². The summed E-state index contributed by atoms with van der Waals surface area (Å²) in [6, 6.07) is 25.6. The molecule has 0 atom stereocenters. The molecule has 1 aliphatic rings. The Morgan fingerprint density at radius 3 is 2.34 bits per heavy atom. The van der Waals surface area contributed by atoms with E-state index >= 15 is 0 Å². The summed E-state index contributed by atoms with van der Waals surface area (Å²) in [5.41, 5.74) is 5.46. The number of benzene rings is 3. The molecule has 0 saturated carbocycles. The van der Waals surface area contributed by atoms with Crippen LogP contribution in [0.5, 0.6) is 0 Å². The normalized spacial score (nSPS) is 14.6. The molecule has 1 N–H and O–H groups in total. The Hall–Kier alpha value is -3.37. The first-order chi connectivity index (χ1) is 15.6. The molecule has 5 rings (SSSR count). The summed E-state index contributed by atoms with van der Waals surface area (Å²) in [5, 5.41) is 11.0. The second-order valence-corrected chi connectivity index (χ2v) is 8.68. The van der Waals surface area contributed by atoms with E-state index < -0.39 is 5.97 Å². The van der Waals surface area contributed by atoms with Crippen molar-refractivity contribution in [3.63, 3.8) is 0 Å². The van der Waals surface area contributed by atoms with Crippen LogP contribution < -0.4 is 4.90 Å². The number of halogens is 1. The number of anilines is 1. The molecule has 0 spiro atoms. The van der Waals surface area contributed by atoms with Crippen LogP contribution in [0.3, 0.4) is 0 Å². The topological polar surface area (TPSA) is 53.4 Å². The van der Waals surface area contributed by atoms with Gasteiger partial charge in [0.05, 0.1) is 22.5 Å². The highest BCUT2D eigenvalue weighted by molar-refractivity contribution is 6.30. The molecular weight excluding hydrogens is 420 g/mol. The second-order valence-electron chi connectivity index (χ2n) is 8.25. The van der Waals surface area contributed by atoms with Crippen LogP contribution in [-0.2, 0) is 0 Å². The quantitative estimate of drug-likeness (QED) is 0.385. The summed E-state index contributed by atoms with van der Waals surface area (Å²) in [5.74, 6) is -0.417. The fourth-order valence-electron chi connectivity index (χ4n) is 4.54. The van der Waals surface area contributed by atoms with Crippen molar-refractivity contribution in [1.29, 1.82) is 0 Å². The maximum atomic E-state index is 11.5. The Bertz CT molecular complexity index is 1260. The maximum Gasteiger partial charge on any atom is 0.335 e. The summed E-state index contributed by atoms with van der Waals surface area (Å²) in [7, 11) is 0. The van der Waals surface area contributed by atoms with Gasteiger partial charge < -0.3 is 10.0 Å². The first kappa shape index (κ1) is 20.5. The van der Waals surface area contributed by atoms with Gasteiger partial charge in [0.2, 0.25) is 0 Å². The minimum absolute atomic E-state index is 0.277. The number of aromatic nitrogens is 1. The van der Waals surface area contributed by atoms with Crippen LogP contribution in [0, 0.1) is 0 Å². The van der Waals surface area contributed by atoms with Crippen molar-refractivity contribution < 1.29 is 9.90 Å². The zero-order valence-corrected chi connectivity index (χ0v) is 18.3. The van der Waals surface area contributed by atoms with E-state index in [0.717, 1.165) is 58.8 Å². The molecule has 1 fully saturated rings. The highest BCUT2D eigenvalue weighted by atomic mass is 35.5. The van der Waals surface area contributed by atoms with Gasteiger partial charge in [-0.05, 0) is 60.7 Å². The number of carboxylic acid groups (broad SMARTS) is 1. The van der Waals surface area contributed by atoms with Gasteiger partial charge in [-0.1, -0.05) is 54.1 Å². The van der Waals surface area contributed by atoms with Crippen molar-refractivity contribution in [1.82, 2.24) is 4.98 Å². The monoisotopic (exact) mass is 442 g/mol. The predicted octanol–water partition coefficient (Wildman–Crippen LogP) is 6.64. The third-order valence-electron chi connectivity index (χ3n) is 6.27. The van der Waals surface area contributed by atoms with Crippen molar-refractivity contribution in [2.24, 2.45) is 0 Å². The van der Waals surface area contributed by atoms with Gasteiger partial charge in [-0.2, -0.15) is 0 Å². The van der Waals surface area contributed by atoms with Crippen LogP contribution in [0.1, 0.15) is 34.7 Å². The van der Waals surface area contributed by atoms with Crippen LogP contribution in [0.15, 0.2) is 78.9 Å². The lowest BCUT2D eigenvalue weighted by molar-refractivity contribution is 0.0697. The van der Waals surface area contributed by atoms with Gasteiger partial charge >= 0.3 is 5.97 Å². The van der Waals surface area contributed by atoms with Gasteiger partial charge in [-0.3, -0.25) is 0 Å². The lowest BCUT2D eigenvalue weighted by Crippen LogP contribution is -2.33. The van der Waals surface area contributed by atoms with Crippen LogP contribution in [0.25, 0.3) is 22.2 Å². The molecular formula is C27H23ClN2O2. The molecule has 4 aromatic rings. The Morgan fingerprint density at radius 1 is 0.938 bits per heavy atom. The Kier molecular flexibility index (Phi) is 5.54. The van der Waals surface area contributed by atoms with E-state index in [2.05, 4.69) is 35.2 Å². The summed E-state index contributed by atoms with van der Waals surface area (Å²) < 4.78 is 0. The molecule has 5 heteroatoms. The van der Waals surface area contributed by atoms with E-state index in [-0.39, 0.29) is 5.56 Å². The molecule has 0 aliphatic carbocycles. The van der Waals surface area contributed by atoms with Crippen LogP contribution in [0.2, 0.25) is 5.02 Å². The van der Waals surface area contributed by atoms with Crippen molar-refractivity contribution in [2.75, 3.05) is 18.0 Å². The minimum atomic E-state index is -0.927. The number of carbonyl (C=O) groups is 1. The molecule has 32 heavy (non-hydrogen) atoms. The number of carboxylic acids is 1. The van der Waals surface area contributed by atoms with Gasteiger partial charge in [0.1, 0.15) is 0 Å². The molecule has 1 aromatic heterocycles. The maximum absolute atomic E-state index is 11.5. The summed E-state index contributed by atoms with van der Waals surface area (Å²) in [6.07, 6.45) is 2.09. The molecule has 2 heterocycles. The minimum Gasteiger partial charge on any atom is -0.478 e. The number of fused-ring (bicyclic) bond motifs is 1. The van der Waals surface area contributed by atoms with E-state index in [1.807, 2.05) is 30.3 Å². The number of pyridine rings is 1. The lowest BCUT2D eigenvalue weighted by atomic mass is 9.89. The third-order valence-corrected chi connectivity index (χ3v) is 6.52. The third kappa shape index (κ3) is 4.06. The molecule has 0 radical (unpaired) electrons. The van der Waals surface area contributed by atoms with Crippen LogP contribution >= 0.6 is 11.6 Å². The summed E-state index contributed by atoms with van der Waals surface area (Å²) in [6.45, 7) is 1.83. The fraction of sp³-hybridized carbons (Fsp3) is 0.185. The number of nitrogens with zero attached hydrogens (tertiary/aromatic N) is 2. The summed E-state index contributed by atoms with van der Waals surface area (Å²) in [4.78, 5) is 18.8. The van der Waals surface area contributed by atoms with Gasteiger partial charge in [0.25, 0.3) is 0 Å². The van der Waals surface area contributed by atoms with Gasteiger partial charge in [-0.15, -0.1) is 0 Å². The number of hydrogen-bond acceptors (Lipinski definition) is 3. The molecule has 160 valence electrons. The molecule has 0 amide bonds. The van der Waals surface area contributed by atoms with E-state index in [1.54, 1.807) is 18.2 Å². The molecule has 3 aromatic carbocycles. The zero-order valence-electron chi connectivity index (χ0n) is 17.5. The van der Waals surface area contributed by atoms with E-state index in [0.29, 0.717) is 5.92 Å². The molecule has 1 aliphatic heterocycles. The first-order valence-corrected chi connectivity index (χ1v) is 11.2. The number of rotatable bonds is 4. The average Bonchev–Trinajstić information content (AvgIpc) is 2.84. The predicted molar refractivity (Wildman–Crippen MR) is 130 cm³/mol. The second kappa shape index (κ2) is 8.64. The lowest BCUT2D eigenvalue weighted by Gasteiger charge is -2.35. The Morgan fingerprint density at radius 2 is 1.66 bits per heavy atom. The van der Waals surface area contributed by atoms with Crippen LogP contribution in [0.4, 0.5) is 5.69 Å². The van der Waals surface area contributed by atoms with Gasteiger partial charge in [0.15, 0.2) is 0 Å². The number of aromatic carboxylic acids is 1. The average molecular weight is 443 g/mol. The fourth-order valence-corrected chi connectivity index (χ4v) is 4.66. The standard InChI is InChI=1S/C27H23ClN2O2/c28-23-9-6-18(7-10-23)19-12-14-30(15-13-19)25-17-22-16-21(27(31)32)8-11-24(22)29-26(25)20-4-2-1-3-5-20/h1-11,16-17,19H,12-15H2,(H,31,32). The van der Waals surface area contributed by atoms with Crippen molar-refractivity contribution in [2.45, 2.75) is 18.8 Å². The highest BCUT2D eigenvalue weighted by Gasteiger charge is 2.24. The summed E-state index contributed by atoms with van der Waals surface area (Å²) >= 11 is 6.06. The molecule has 1 saturated heterocycles. The number of hydrogen-bond donors (Lipinski definition) is 1. The molecule has 0 bridgehead atoms. The number of piperidine rings is 1. The smallest absolute Gasteiger partial charge is 0.335 e. The molecule has 0 unspecified atom stereocenters. The van der Waals surface area contributed by atoms with Crippen molar-refractivity contribution >= 4 is 34.2 Å². The Balaban J connectivity index is 1.51. The van der Waals surface area contributed by atoms with Gasteiger partial charge in [0, 0.05) is 29.1 Å². The largest absolute Gasteiger partial charge is 0.478 e. The first-order valence-electron chi connectivity index (χ1n) is 10.8. The molecule has 4 nitrogen and oxygen atoms in total. The van der Waals surface area contributed by atoms with Crippen LogP contribution in [-0.4, -0.2) is 29.1 Å².